The highest BCUT2D eigenvalue weighted by Gasteiger charge is 2.39. The van der Waals surface area contributed by atoms with Crippen LogP contribution in [0, 0.1) is 40.7 Å². The average Bonchev–Trinajstić information content (AvgIpc) is 2.66. The lowest BCUT2D eigenvalue weighted by Gasteiger charge is -2.23. The molecular formula is C20H21F2N4O3+. The number of H-pyrrole nitrogens is 1. The molecule has 2 heterocycles. The summed E-state index contributed by atoms with van der Waals surface area (Å²) in [6, 6.07) is 3.07. The van der Waals surface area contributed by atoms with E-state index in [1.807, 2.05) is 0 Å². The van der Waals surface area contributed by atoms with Crippen molar-refractivity contribution in [3.8, 4) is 6.07 Å². The van der Waals surface area contributed by atoms with E-state index in [1.54, 1.807) is 13.8 Å². The summed E-state index contributed by atoms with van der Waals surface area (Å²) in [6.45, 7) is 3.38. The van der Waals surface area contributed by atoms with Gasteiger partial charge in [-0.1, -0.05) is 0 Å². The van der Waals surface area contributed by atoms with E-state index in [4.69, 9.17) is 5.26 Å². The number of fused-ring (bicyclic) bond motifs is 1. The van der Waals surface area contributed by atoms with E-state index in [2.05, 4.69) is 16.4 Å². The summed E-state index contributed by atoms with van der Waals surface area (Å²) in [7, 11) is 0. The topological polar surface area (TPSA) is 106 Å². The Bertz CT molecular complexity index is 1090. The van der Waals surface area contributed by atoms with Gasteiger partial charge in [0, 0.05) is 33.1 Å². The van der Waals surface area contributed by atoms with Gasteiger partial charge < -0.3 is 10.3 Å². The molecule has 0 aliphatic carbocycles. The third kappa shape index (κ3) is 4.16. The summed E-state index contributed by atoms with van der Waals surface area (Å²) >= 11 is 0. The van der Waals surface area contributed by atoms with Gasteiger partial charge in [-0.15, -0.1) is 0 Å². The van der Waals surface area contributed by atoms with E-state index >= 15 is 0 Å². The van der Waals surface area contributed by atoms with Crippen LogP contribution in [0.4, 0.5) is 8.78 Å². The van der Waals surface area contributed by atoms with Crippen LogP contribution in [-0.2, 0) is 11.2 Å². The maximum atomic E-state index is 13.6. The van der Waals surface area contributed by atoms with Crippen LogP contribution in [-0.4, -0.2) is 34.3 Å². The van der Waals surface area contributed by atoms with Crippen molar-refractivity contribution in [2.24, 2.45) is 5.92 Å². The summed E-state index contributed by atoms with van der Waals surface area (Å²) in [6.07, 6.45) is 0.822. The van der Waals surface area contributed by atoms with Gasteiger partial charge in [0.25, 0.3) is 5.56 Å². The zero-order chi connectivity index (χ0) is 21.3. The van der Waals surface area contributed by atoms with Crippen molar-refractivity contribution in [1.82, 2.24) is 10.3 Å². The number of aryl methyl sites for hydroxylation is 1. The third-order valence-corrected chi connectivity index (χ3v) is 5.51. The van der Waals surface area contributed by atoms with Crippen molar-refractivity contribution >= 4 is 16.8 Å². The lowest BCUT2D eigenvalue weighted by molar-refractivity contribution is -0.603. The van der Waals surface area contributed by atoms with Gasteiger partial charge in [0.1, 0.15) is 5.92 Å². The predicted octanol–water partition coefficient (Wildman–Crippen LogP) is 2.24. The highest BCUT2D eigenvalue weighted by atomic mass is 19.2. The SMILES string of the molecule is Cc1c(CC(=O)NC(C)C2CCC(C#N)C[N+]2=O)c(=O)[nH]c2cc(F)c(F)cc12. The molecule has 9 heteroatoms. The number of amides is 1. The molecule has 2 N–H and O–H groups in total. The Labute approximate surface area is 165 Å². The van der Waals surface area contributed by atoms with Gasteiger partial charge in [-0.3, -0.25) is 9.59 Å². The number of nitrogens with one attached hydrogen (secondary N) is 2. The fraction of sp³-hybridized carbons (Fsp3) is 0.450. The molecule has 2 aromatic rings. The van der Waals surface area contributed by atoms with Crippen LogP contribution in [0.25, 0.3) is 10.9 Å². The van der Waals surface area contributed by atoms with Crippen LogP contribution >= 0.6 is 0 Å². The number of rotatable bonds is 4. The van der Waals surface area contributed by atoms with Crippen LogP contribution in [0.2, 0.25) is 0 Å². The molecule has 1 aromatic heterocycles. The Hall–Kier alpha value is -3.15. The molecule has 1 fully saturated rings. The molecule has 0 spiro atoms. The molecule has 0 radical (unpaired) electrons. The number of nitriles is 1. The van der Waals surface area contributed by atoms with Gasteiger partial charge in [-0.05, 0) is 31.9 Å². The quantitative estimate of drug-likeness (QED) is 0.764. The first-order chi connectivity index (χ1) is 13.7. The molecule has 1 aromatic carbocycles. The molecule has 1 aliphatic rings. The number of aromatic amines is 1. The number of carbonyl (C=O) groups is 1. The van der Waals surface area contributed by atoms with Gasteiger partial charge >= 0.3 is 0 Å². The number of hydrogen-bond donors (Lipinski definition) is 2. The summed E-state index contributed by atoms with van der Waals surface area (Å²) in [5.41, 5.74) is 0.148. The average molecular weight is 403 g/mol. The van der Waals surface area contributed by atoms with Crippen molar-refractivity contribution in [3.63, 3.8) is 0 Å². The normalized spacial score (nSPS) is 20.3. The molecule has 7 nitrogen and oxygen atoms in total. The second-order valence-electron chi connectivity index (χ2n) is 7.47. The molecule has 1 aliphatic heterocycles. The lowest BCUT2D eigenvalue weighted by Crippen LogP contribution is -2.49. The number of benzene rings is 1. The monoisotopic (exact) mass is 403 g/mol. The fourth-order valence-corrected chi connectivity index (χ4v) is 3.83. The number of hydrogen-bond acceptors (Lipinski definition) is 4. The second kappa shape index (κ2) is 8.07. The Kier molecular flexibility index (Phi) is 5.73. The number of halogens is 2. The fourth-order valence-electron chi connectivity index (χ4n) is 3.83. The highest BCUT2D eigenvalue weighted by molar-refractivity contribution is 5.86. The van der Waals surface area contributed by atoms with Gasteiger partial charge in [0.05, 0.1) is 24.0 Å². The molecule has 3 unspecified atom stereocenters. The van der Waals surface area contributed by atoms with E-state index in [0.717, 1.165) is 16.9 Å². The number of nitroso groups, excluding NO2 is 1. The highest BCUT2D eigenvalue weighted by Crippen LogP contribution is 2.22. The maximum Gasteiger partial charge on any atom is 0.252 e. The van der Waals surface area contributed by atoms with Gasteiger partial charge in [-0.25, -0.2) is 8.78 Å². The van der Waals surface area contributed by atoms with Crippen LogP contribution < -0.4 is 10.9 Å². The third-order valence-electron chi connectivity index (χ3n) is 5.51. The van der Waals surface area contributed by atoms with E-state index in [9.17, 15) is 23.3 Å². The molecule has 1 amide bonds. The lowest BCUT2D eigenvalue weighted by atomic mass is 9.92. The minimum atomic E-state index is -1.07. The first-order valence-corrected chi connectivity index (χ1v) is 9.34. The molecule has 29 heavy (non-hydrogen) atoms. The molecule has 0 saturated carbocycles. The number of nitrogens with zero attached hydrogens (tertiary/aromatic N) is 2. The van der Waals surface area contributed by atoms with E-state index in [0.29, 0.717) is 23.8 Å². The van der Waals surface area contributed by atoms with Crippen LogP contribution in [0.1, 0.15) is 30.9 Å². The van der Waals surface area contributed by atoms with Crippen LogP contribution in [0.15, 0.2) is 16.9 Å². The molecule has 3 rings (SSSR count). The number of aromatic nitrogens is 1. The Morgan fingerprint density at radius 2 is 2.07 bits per heavy atom. The van der Waals surface area contributed by atoms with E-state index in [1.165, 1.54) is 0 Å². The standard InChI is InChI=1S/C20H20F2N4O3/c1-10-13-5-15(21)16(22)7-17(13)25-20(28)14(10)6-19(27)24-11(2)18-4-3-12(8-23)9-26(18)29/h5,7,11-12,18H,3-4,6,9H2,1-2H3,(H-,24,25,27,28)/p+1. The first-order valence-electron chi connectivity index (χ1n) is 9.34. The zero-order valence-electron chi connectivity index (χ0n) is 16.1. The van der Waals surface area contributed by atoms with E-state index < -0.39 is 35.2 Å². The molecule has 1 saturated heterocycles. The van der Waals surface area contributed by atoms with Gasteiger partial charge in [-0.2, -0.15) is 5.26 Å². The minimum Gasteiger partial charge on any atom is -0.347 e. The maximum absolute atomic E-state index is 13.6. The van der Waals surface area contributed by atoms with Crippen molar-refractivity contribution < 1.29 is 18.3 Å². The summed E-state index contributed by atoms with van der Waals surface area (Å²) in [5, 5.41) is 12.0. The van der Waals surface area contributed by atoms with Crippen molar-refractivity contribution in [3.05, 3.63) is 50.2 Å². The molecule has 0 bridgehead atoms. The minimum absolute atomic E-state index is 0.104. The number of carbonyl (C=O) groups excluding carboxylic acids is 1. The van der Waals surface area contributed by atoms with E-state index in [-0.39, 0.29) is 30.0 Å². The summed E-state index contributed by atoms with van der Waals surface area (Å²) < 4.78 is 27.8. The number of pyridine rings is 1. The zero-order valence-corrected chi connectivity index (χ0v) is 16.1. The summed E-state index contributed by atoms with van der Waals surface area (Å²) in [5.74, 6) is -2.88. The second-order valence-corrected chi connectivity index (χ2v) is 7.47. The van der Waals surface area contributed by atoms with Crippen LogP contribution in [0.5, 0.6) is 0 Å². The number of piperidine rings is 1. The van der Waals surface area contributed by atoms with Crippen molar-refractivity contribution in [1.29, 1.82) is 5.26 Å². The largest absolute Gasteiger partial charge is 0.347 e. The smallest absolute Gasteiger partial charge is 0.252 e. The van der Waals surface area contributed by atoms with Gasteiger partial charge in [0.15, 0.2) is 11.6 Å². The Morgan fingerprint density at radius 3 is 2.72 bits per heavy atom. The Balaban J connectivity index is 1.76. The molecular weight excluding hydrogens is 382 g/mol. The first kappa shape index (κ1) is 20.6. The van der Waals surface area contributed by atoms with Gasteiger partial charge in [0.2, 0.25) is 18.5 Å². The van der Waals surface area contributed by atoms with Crippen molar-refractivity contribution in [2.45, 2.75) is 45.2 Å². The Morgan fingerprint density at radius 1 is 1.38 bits per heavy atom. The molecule has 3 atom stereocenters. The van der Waals surface area contributed by atoms with Crippen molar-refractivity contribution in [2.75, 3.05) is 6.54 Å². The predicted molar refractivity (Wildman–Crippen MR) is 101 cm³/mol. The van der Waals surface area contributed by atoms with Crippen LogP contribution in [0.3, 0.4) is 0 Å². The summed E-state index contributed by atoms with van der Waals surface area (Å²) in [4.78, 5) is 39.5. The molecule has 152 valence electrons.